The highest BCUT2D eigenvalue weighted by molar-refractivity contribution is 5.53. The van der Waals surface area contributed by atoms with Crippen LogP contribution in [-0.4, -0.2) is 41.7 Å². The lowest BCUT2D eigenvalue weighted by molar-refractivity contribution is -0.141. The maximum Gasteiger partial charge on any atom is 0.433 e. The van der Waals surface area contributed by atoms with Crippen LogP contribution in [0.1, 0.15) is 30.2 Å². The number of alkyl halides is 3. The average Bonchev–Trinajstić information content (AvgIpc) is 2.72. The first-order valence-electron chi connectivity index (χ1n) is 9.53. The van der Waals surface area contributed by atoms with Crippen molar-refractivity contribution < 1.29 is 17.9 Å². The van der Waals surface area contributed by atoms with Crippen molar-refractivity contribution in [2.45, 2.75) is 38.2 Å². The Morgan fingerprint density at radius 2 is 2.03 bits per heavy atom. The Morgan fingerprint density at radius 1 is 1.28 bits per heavy atom. The highest BCUT2D eigenvalue weighted by atomic mass is 19.4. The quantitative estimate of drug-likeness (QED) is 0.787. The summed E-state index contributed by atoms with van der Waals surface area (Å²) in [4.78, 5) is 5.92. The number of aromatic nitrogens is 1. The molecule has 0 bridgehead atoms. The minimum atomic E-state index is -4.57. The van der Waals surface area contributed by atoms with E-state index in [2.05, 4.69) is 27.3 Å². The van der Waals surface area contributed by atoms with E-state index in [1.807, 2.05) is 31.2 Å². The summed E-state index contributed by atoms with van der Waals surface area (Å²) in [6.07, 6.45) is -4.17. The molecule has 1 aromatic heterocycles. The number of ether oxygens (including phenoxy) is 1. The molecule has 1 aromatic carbocycles. The van der Waals surface area contributed by atoms with E-state index in [9.17, 15) is 18.4 Å². The number of rotatable bonds is 6. The fraction of sp³-hybridized carbons (Fsp3) is 0.429. The zero-order valence-corrected chi connectivity index (χ0v) is 16.1. The Labute approximate surface area is 168 Å². The molecule has 2 atom stereocenters. The van der Waals surface area contributed by atoms with Gasteiger partial charge in [0.25, 0.3) is 0 Å². The molecule has 0 amide bonds. The Morgan fingerprint density at radius 3 is 2.69 bits per heavy atom. The van der Waals surface area contributed by atoms with E-state index < -0.39 is 11.9 Å². The van der Waals surface area contributed by atoms with Crippen LogP contribution in [0.25, 0.3) is 0 Å². The first-order valence-corrected chi connectivity index (χ1v) is 9.53. The van der Waals surface area contributed by atoms with Crippen LogP contribution in [-0.2, 0) is 17.5 Å². The van der Waals surface area contributed by atoms with Crippen molar-refractivity contribution in [3.63, 3.8) is 0 Å². The zero-order chi connectivity index (χ0) is 20.9. The van der Waals surface area contributed by atoms with Gasteiger partial charge >= 0.3 is 6.18 Å². The Kier molecular flexibility index (Phi) is 6.72. The molecule has 0 spiro atoms. The van der Waals surface area contributed by atoms with Crippen LogP contribution in [0.3, 0.4) is 0 Å². The summed E-state index contributed by atoms with van der Waals surface area (Å²) in [5.41, 5.74) is 0.248. The molecule has 154 valence electrons. The van der Waals surface area contributed by atoms with Gasteiger partial charge in [-0.1, -0.05) is 37.3 Å². The number of nitriles is 1. The standard InChI is InChI=1S/C21H23F3N4O/c1-2-17(26-20-16(12-25)8-9-19(27-20)21(22,23)24)18-14-28(10-11-29-18)13-15-6-4-3-5-7-15/h3-9,17-18H,2,10-11,13-14H2,1H3,(H,26,27). The largest absolute Gasteiger partial charge is 0.433 e. The highest BCUT2D eigenvalue weighted by Gasteiger charge is 2.34. The van der Waals surface area contributed by atoms with Crippen molar-refractivity contribution >= 4 is 5.82 Å². The van der Waals surface area contributed by atoms with Gasteiger partial charge in [0.15, 0.2) is 0 Å². The second kappa shape index (κ2) is 9.25. The van der Waals surface area contributed by atoms with Gasteiger partial charge in [-0.05, 0) is 24.1 Å². The second-order valence-corrected chi connectivity index (χ2v) is 6.99. The molecule has 0 radical (unpaired) electrons. The number of nitrogens with one attached hydrogen (secondary N) is 1. The van der Waals surface area contributed by atoms with Gasteiger partial charge in [-0.3, -0.25) is 4.90 Å². The molecule has 2 aromatic rings. The number of anilines is 1. The van der Waals surface area contributed by atoms with E-state index in [0.29, 0.717) is 19.6 Å². The van der Waals surface area contributed by atoms with Gasteiger partial charge in [-0.2, -0.15) is 18.4 Å². The van der Waals surface area contributed by atoms with E-state index in [1.165, 1.54) is 5.56 Å². The van der Waals surface area contributed by atoms with Gasteiger partial charge in [0.1, 0.15) is 17.6 Å². The first kappa shape index (κ1) is 21.1. The third kappa shape index (κ3) is 5.46. The van der Waals surface area contributed by atoms with Crippen LogP contribution >= 0.6 is 0 Å². The summed E-state index contributed by atoms with van der Waals surface area (Å²) in [6, 6.07) is 13.7. The summed E-state index contributed by atoms with van der Waals surface area (Å²) < 4.78 is 45.0. The molecule has 1 aliphatic rings. The molecule has 2 unspecified atom stereocenters. The predicted octanol–water partition coefficient (Wildman–Crippen LogP) is 4.06. The number of morpholine rings is 1. The molecule has 0 saturated carbocycles. The lowest BCUT2D eigenvalue weighted by Crippen LogP contribution is -2.49. The van der Waals surface area contributed by atoms with E-state index in [1.54, 1.807) is 0 Å². The Bertz CT molecular complexity index is 851. The fourth-order valence-electron chi connectivity index (χ4n) is 3.41. The Balaban J connectivity index is 1.73. The number of hydrogen-bond donors (Lipinski definition) is 1. The number of nitrogens with zero attached hydrogens (tertiary/aromatic N) is 3. The molecule has 1 fully saturated rings. The minimum Gasteiger partial charge on any atom is -0.373 e. The molecule has 8 heteroatoms. The monoisotopic (exact) mass is 404 g/mol. The van der Waals surface area contributed by atoms with Gasteiger partial charge in [-0.25, -0.2) is 4.98 Å². The third-order valence-corrected chi connectivity index (χ3v) is 4.94. The van der Waals surface area contributed by atoms with Crippen molar-refractivity contribution in [2.75, 3.05) is 25.0 Å². The highest BCUT2D eigenvalue weighted by Crippen LogP contribution is 2.30. The van der Waals surface area contributed by atoms with E-state index >= 15 is 0 Å². The summed E-state index contributed by atoms with van der Waals surface area (Å²) in [6.45, 7) is 4.67. The van der Waals surface area contributed by atoms with Crippen LogP contribution in [0, 0.1) is 11.3 Å². The smallest absolute Gasteiger partial charge is 0.373 e. The zero-order valence-electron chi connectivity index (χ0n) is 16.1. The van der Waals surface area contributed by atoms with Crippen LogP contribution in [0.4, 0.5) is 19.0 Å². The van der Waals surface area contributed by atoms with Crippen molar-refractivity contribution in [2.24, 2.45) is 0 Å². The molecular formula is C21H23F3N4O. The normalized spacial score (nSPS) is 18.8. The van der Waals surface area contributed by atoms with E-state index in [4.69, 9.17) is 4.74 Å². The van der Waals surface area contributed by atoms with Gasteiger partial charge in [0.05, 0.1) is 24.3 Å². The number of hydrogen-bond acceptors (Lipinski definition) is 5. The lowest BCUT2D eigenvalue weighted by Gasteiger charge is -2.37. The summed E-state index contributed by atoms with van der Waals surface area (Å²) in [5, 5.41) is 12.3. The van der Waals surface area contributed by atoms with Gasteiger partial charge in [-0.15, -0.1) is 0 Å². The SMILES string of the molecule is CCC(Nc1nc(C(F)(F)F)ccc1C#N)C1CN(Cc2ccccc2)CCO1. The molecule has 5 nitrogen and oxygen atoms in total. The topological polar surface area (TPSA) is 61.2 Å². The van der Waals surface area contributed by atoms with Gasteiger partial charge in [0, 0.05) is 19.6 Å². The van der Waals surface area contributed by atoms with Crippen molar-refractivity contribution in [3.8, 4) is 6.07 Å². The summed E-state index contributed by atoms with van der Waals surface area (Å²) >= 11 is 0. The fourth-order valence-corrected chi connectivity index (χ4v) is 3.41. The van der Waals surface area contributed by atoms with Crippen molar-refractivity contribution in [3.05, 3.63) is 59.3 Å². The van der Waals surface area contributed by atoms with Crippen LogP contribution in [0.2, 0.25) is 0 Å². The number of halogens is 3. The molecule has 1 aliphatic heterocycles. The minimum absolute atomic E-state index is 0.0574. The second-order valence-electron chi connectivity index (χ2n) is 6.99. The number of benzene rings is 1. The average molecular weight is 404 g/mol. The van der Waals surface area contributed by atoms with Crippen LogP contribution in [0.15, 0.2) is 42.5 Å². The maximum absolute atomic E-state index is 13.0. The summed E-state index contributed by atoms with van der Waals surface area (Å²) in [7, 11) is 0. The Hall–Kier alpha value is -2.63. The van der Waals surface area contributed by atoms with Gasteiger partial charge < -0.3 is 10.1 Å². The molecule has 1 N–H and O–H groups in total. The molecule has 1 saturated heterocycles. The van der Waals surface area contributed by atoms with Crippen LogP contribution < -0.4 is 5.32 Å². The van der Waals surface area contributed by atoms with E-state index in [0.717, 1.165) is 25.2 Å². The molecule has 3 rings (SSSR count). The molecule has 0 aliphatic carbocycles. The van der Waals surface area contributed by atoms with Gasteiger partial charge in [0.2, 0.25) is 0 Å². The van der Waals surface area contributed by atoms with Crippen molar-refractivity contribution in [1.82, 2.24) is 9.88 Å². The predicted molar refractivity (Wildman–Crippen MR) is 103 cm³/mol. The molecular weight excluding hydrogens is 381 g/mol. The van der Waals surface area contributed by atoms with E-state index in [-0.39, 0.29) is 23.5 Å². The molecule has 29 heavy (non-hydrogen) atoms. The van der Waals surface area contributed by atoms with Crippen molar-refractivity contribution in [1.29, 1.82) is 5.26 Å². The first-order chi connectivity index (χ1) is 13.9. The summed E-state index contributed by atoms with van der Waals surface area (Å²) in [5.74, 6) is -0.0574. The number of pyridine rings is 1. The third-order valence-electron chi connectivity index (χ3n) is 4.94. The van der Waals surface area contributed by atoms with Crippen LogP contribution in [0.5, 0.6) is 0 Å². The maximum atomic E-state index is 13.0. The lowest BCUT2D eigenvalue weighted by atomic mass is 10.1. The molecule has 2 heterocycles.